The third kappa shape index (κ3) is 3.96. The van der Waals surface area contributed by atoms with Gasteiger partial charge in [0, 0.05) is 17.0 Å². The first-order valence-corrected chi connectivity index (χ1v) is 10.8. The number of nitrogens with zero attached hydrogens (tertiary/aromatic N) is 1. The van der Waals surface area contributed by atoms with Gasteiger partial charge in [0.2, 0.25) is 10.0 Å². The second-order valence-corrected chi connectivity index (χ2v) is 9.39. The predicted octanol–water partition coefficient (Wildman–Crippen LogP) is 2.81. The third-order valence-electron chi connectivity index (χ3n) is 4.15. The maximum Gasteiger partial charge on any atom is 0.348 e. The Morgan fingerprint density at radius 1 is 1.23 bits per heavy atom. The predicted molar refractivity (Wildman–Crippen MR) is 101 cm³/mol. The molecule has 0 unspecified atom stereocenters. The summed E-state index contributed by atoms with van der Waals surface area (Å²) in [6.07, 6.45) is 2.58. The van der Waals surface area contributed by atoms with Crippen LogP contribution in [0.25, 0.3) is 0 Å². The average molecular weight is 393 g/mol. The number of fused-ring (bicyclic) bond motifs is 1. The minimum absolute atomic E-state index is 0.314. The van der Waals surface area contributed by atoms with E-state index in [1.165, 1.54) is 21.9 Å². The summed E-state index contributed by atoms with van der Waals surface area (Å²) in [6.45, 7) is 1.99. The standard InChI is InChI=1S/C18H19NO5S2/c1-12-5-8-17(25-12)18(21)24-11-16(20)14-6-7-15-13(10-14)4-3-9-19(15)26(2,22)23/h5-8,10H,3-4,9,11H2,1-2H3. The smallest absolute Gasteiger partial charge is 0.348 e. The Labute approximate surface area is 156 Å². The van der Waals surface area contributed by atoms with Crippen LogP contribution >= 0.6 is 11.3 Å². The zero-order chi connectivity index (χ0) is 18.9. The Hall–Kier alpha value is -2.19. The lowest BCUT2D eigenvalue weighted by atomic mass is 9.99. The van der Waals surface area contributed by atoms with Gasteiger partial charge in [-0.05, 0) is 55.7 Å². The fourth-order valence-corrected chi connectivity index (χ4v) is 4.67. The largest absolute Gasteiger partial charge is 0.453 e. The van der Waals surface area contributed by atoms with Crippen molar-refractivity contribution in [1.29, 1.82) is 0 Å². The van der Waals surface area contributed by atoms with Gasteiger partial charge in [0.1, 0.15) is 4.88 Å². The fourth-order valence-electron chi connectivity index (χ4n) is 2.91. The van der Waals surface area contributed by atoms with Crippen LogP contribution in [0.1, 0.15) is 36.9 Å². The van der Waals surface area contributed by atoms with Crippen molar-refractivity contribution >= 4 is 38.8 Å². The monoisotopic (exact) mass is 393 g/mol. The maximum absolute atomic E-state index is 12.3. The number of carbonyl (C=O) groups is 2. The highest BCUT2D eigenvalue weighted by Crippen LogP contribution is 2.30. The number of Topliss-reactive ketones (excluding diaryl/α,β-unsaturated/α-hetero) is 1. The molecule has 0 atom stereocenters. The molecule has 0 amide bonds. The SMILES string of the molecule is Cc1ccc(C(=O)OCC(=O)c2ccc3c(c2)CCCN3S(C)(=O)=O)s1. The molecule has 0 spiro atoms. The van der Waals surface area contributed by atoms with E-state index in [1.807, 2.05) is 13.0 Å². The molecule has 6 nitrogen and oxygen atoms in total. The Balaban J connectivity index is 1.72. The van der Waals surface area contributed by atoms with Crippen LogP contribution in [0.5, 0.6) is 0 Å². The summed E-state index contributed by atoms with van der Waals surface area (Å²) in [4.78, 5) is 25.7. The number of ketones is 1. The van der Waals surface area contributed by atoms with Crippen molar-refractivity contribution < 1.29 is 22.7 Å². The topological polar surface area (TPSA) is 80.8 Å². The van der Waals surface area contributed by atoms with E-state index in [1.54, 1.807) is 24.3 Å². The second-order valence-electron chi connectivity index (χ2n) is 6.19. The van der Waals surface area contributed by atoms with E-state index >= 15 is 0 Å². The number of aryl methyl sites for hydroxylation is 2. The molecule has 0 saturated carbocycles. The van der Waals surface area contributed by atoms with Crippen LogP contribution in [0.2, 0.25) is 0 Å². The van der Waals surface area contributed by atoms with Crippen LogP contribution in [0.15, 0.2) is 30.3 Å². The normalized spacial score (nSPS) is 14.0. The molecule has 0 N–H and O–H groups in total. The van der Waals surface area contributed by atoms with Crippen molar-refractivity contribution in [1.82, 2.24) is 0 Å². The number of hydrogen-bond acceptors (Lipinski definition) is 6. The maximum atomic E-state index is 12.3. The Morgan fingerprint density at radius 3 is 2.65 bits per heavy atom. The Bertz CT molecular complexity index is 962. The molecule has 2 heterocycles. The van der Waals surface area contributed by atoms with Crippen molar-refractivity contribution in [3.05, 3.63) is 51.2 Å². The Kier molecular flexibility index (Phi) is 5.15. The number of anilines is 1. The lowest BCUT2D eigenvalue weighted by molar-refractivity contribution is 0.0479. The molecular formula is C18H19NO5S2. The van der Waals surface area contributed by atoms with E-state index in [4.69, 9.17) is 4.74 Å². The molecule has 0 radical (unpaired) electrons. The lowest BCUT2D eigenvalue weighted by Crippen LogP contribution is -2.34. The zero-order valence-corrected chi connectivity index (χ0v) is 16.2. The van der Waals surface area contributed by atoms with E-state index in [2.05, 4.69) is 0 Å². The number of rotatable bonds is 5. The molecule has 1 aromatic heterocycles. The van der Waals surface area contributed by atoms with Crippen molar-refractivity contribution in [2.75, 3.05) is 23.7 Å². The quantitative estimate of drug-likeness (QED) is 0.576. The fraction of sp³-hybridized carbons (Fsp3) is 0.333. The van der Waals surface area contributed by atoms with Crippen molar-refractivity contribution in [3.8, 4) is 0 Å². The number of esters is 1. The lowest BCUT2D eigenvalue weighted by Gasteiger charge is -2.29. The summed E-state index contributed by atoms with van der Waals surface area (Å²) in [5.41, 5.74) is 1.84. The van der Waals surface area contributed by atoms with Crippen LogP contribution in [-0.2, 0) is 21.2 Å². The van der Waals surface area contributed by atoms with Crippen LogP contribution in [0.4, 0.5) is 5.69 Å². The summed E-state index contributed by atoms with van der Waals surface area (Å²) in [5.74, 6) is -0.830. The summed E-state index contributed by atoms with van der Waals surface area (Å²) >= 11 is 1.32. The number of hydrogen-bond donors (Lipinski definition) is 0. The first kappa shape index (κ1) is 18.6. The average Bonchev–Trinajstić information content (AvgIpc) is 3.04. The molecule has 1 aromatic carbocycles. The molecule has 26 heavy (non-hydrogen) atoms. The molecule has 3 rings (SSSR count). The highest BCUT2D eigenvalue weighted by Gasteiger charge is 2.25. The number of carbonyl (C=O) groups excluding carboxylic acids is 2. The number of ether oxygens (including phenoxy) is 1. The van der Waals surface area contributed by atoms with Gasteiger partial charge in [0.05, 0.1) is 11.9 Å². The summed E-state index contributed by atoms with van der Waals surface area (Å²) in [5, 5.41) is 0. The molecule has 2 aromatic rings. The van der Waals surface area contributed by atoms with Crippen LogP contribution in [-0.4, -0.2) is 39.6 Å². The van der Waals surface area contributed by atoms with E-state index in [9.17, 15) is 18.0 Å². The van der Waals surface area contributed by atoms with E-state index in [0.717, 1.165) is 10.4 Å². The van der Waals surface area contributed by atoms with Crippen molar-refractivity contribution in [2.24, 2.45) is 0 Å². The number of thiophene rings is 1. The highest BCUT2D eigenvalue weighted by molar-refractivity contribution is 7.92. The second kappa shape index (κ2) is 7.20. The minimum Gasteiger partial charge on any atom is -0.453 e. The molecule has 0 saturated heterocycles. The van der Waals surface area contributed by atoms with Gasteiger partial charge in [-0.3, -0.25) is 9.10 Å². The summed E-state index contributed by atoms with van der Waals surface area (Å²) in [6, 6.07) is 8.41. The first-order valence-electron chi connectivity index (χ1n) is 8.13. The molecule has 8 heteroatoms. The number of sulfonamides is 1. The van der Waals surface area contributed by atoms with Crippen LogP contribution in [0.3, 0.4) is 0 Å². The molecule has 138 valence electrons. The molecular weight excluding hydrogens is 374 g/mol. The van der Waals surface area contributed by atoms with Gasteiger partial charge in [0.15, 0.2) is 12.4 Å². The van der Waals surface area contributed by atoms with Gasteiger partial charge in [-0.15, -0.1) is 11.3 Å². The van der Waals surface area contributed by atoms with Crippen molar-refractivity contribution in [2.45, 2.75) is 19.8 Å². The summed E-state index contributed by atoms with van der Waals surface area (Å²) in [7, 11) is -3.34. The molecule has 1 aliphatic heterocycles. The summed E-state index contributed by atoms with van der Waals surface area (Å²) < 4.78 is 30.2. The zero-order valence-electron chi connectivity index (χ0n) is 14.5. The molecule has 1 aliphatic rings. The number of benzene rings is 1. The van der Waals surface area contributed by atoms with Gasteiger partial charge in [-0.2, -0.15) is 0 Å². The third-order valence-corrected chi connectivity index (χ3v) is 6.31. The van der Waals surface area contributed by atoms with Gasteiger partial charge in [-0.25, -0.2) is 13.2 Å². The van der Waals surface area contributed by atoms with Crippen LogP contribution in [0, 0.1) is 6.92 Å². The van der Waals surface area contributed by atoms with Gasteiger partial charge < -0.3 is 4.74 Å². The van der Waals surface area contributed by atoms with Crippen molar-refractivity contribution in [3.63, 3.8) is 0 Å². The van der Waals surface area contributed by atoms with E-state index in [-0.39, 0.29) is 12.4 Å². The molecule has 0 fully saturated rings. The van der Waals surface area contributed by atoms with Gasteiger partial charge in [-0.1, -0.05) is 0 Å². The van der Waals surface area contributed by atoms with Crippen LogP contribution < -0.4 is 4.31 Å². The van der Waals surface area contributed by atoms with E-state index < -0.39 is 16.0 Å². The van der Waals surface area contributed by atoms with Gasteiger partial charge >= 0.3 is 5.97 Å². The highest BCUT2D eigenvalue weighted by atomic mass is 32.2. The minimum atomic E-state index is -3.34. The van der Waals surface area contributed by atoms with Gasteiger partial charge in [0.25, 0.3) is 0 Å². The molecule has 0 aliphatic carbocycles. The molecule has 0 bridgehead atoms. The first-order chi connectivity index (χ1) is 12.3. The Morgan fingerprint density at radius 2 is 2.00 bits per heavy atom. The van der Waals surface area contributed by atoms with E-state index in [0.29, 0.717) is 35.5 Å².